The molecule has 0 heterocycles. The minimum absolute atomic E-state index is 0.254. The molecule has 0 aromatic heterocycles. The summed E-state index contributed by atoms with van der Waals surface area (Å²) in [5.41, 5.74) is 5.82. The quantitative estimate of drug-likeness (QED) is 0.661. The summed E-state index contributed by atoms with van der Waals surface area (Å²) >= 11 is 0. The van der Waals surface area contributed by atoms with Gasteiger partial charge in [-0.25, -0.2) is 0 Å². The molecular formula is C10H25N3. The highest BCUT2D eigenvalue weighted by molar-refractivity contribution is 4.72. The Morgan fingerprint density at radius 1 is 1.08 bits per heavy atom. The molecule has 0 aromatic carbocycles. The van der Waals surface area contributed by atoms with Gasteiger partial charge in [-0.05, 0) is 54.5 Å². The number of nitrogens with two attached hydrogens (primary N) is 1. The minimum atomic E-state index is 0.254. The molecular weight excluding hydrogens is 162 g/mol. The molecule has 13 heavy (non-hydrogen) atoms. The van der Waals surface area contributed by atoms with Crippen LogP contribution < -0.4 is 5.73 Å². The third-order valence-corrected chi connectivity index (χ3v) is 2.57. The lowest BCUT2D eigenvalue weighted by Crippen LogP contribution is -2.42. The van der Waals surface area contributed by atoms with Crippen LogP contribution in [0.1, 0.15) is 20.3 Å². The molecule has 0 radical (unpaired) electrons. The van der Waals surface area contributed by atoms with Crippen molar-refractivity contribution in [1.29, 1.82) is 0 Å². The predicted molar refractivity (Wildman–Crippen MR) is 58.9 cm³/mol. The summed E-state index contributed by atoms with van der Waals surface area (Å²) in [7, 11) is 6.35. The van der Waals surface area contributed by atoms with Crippen LogP contribution in [0.4, 0.5) is 0 Å². The second kappa shape index (κ2) is 6.35. The van der Waals surface area contributed by atoms with Gasteiger partial charge >= 0.3 is 0 Å². The number of rotatable bonds is 6. The molecule has 0 saturated heterocycles. The Bertz CT molecular complexity index is 123. The second-order valence-electron chi connectivity index (χ2n) is 4.24. The summed E-state index contributed by atoms with van der Waals surface area (Å²) in [6.45, 7) is 6.52. The monoisotopic (exact) mass is 187 g/mol. The van der Waals surface area contributed by atoms with Crippen LogP contribution in [0.15, 0.2) is 0 Å². The summed E-state index contributed by atoms with van der Waals surface area (Å²) in [6.07, 6.45) is 1.21. The van der Waals surface area contributed by atoms with Crippen molar-refractivity contribution in [2.75, 3.05) is 34.2 Å². The SMILES string of the molecule is CC(N)C(C)N(C)CCCN(C)C. The van der Waals surface area contributed by atoms with E-state index in [-0.39, 0.29) is 6.04 Å². The van der Waals surface area contributed by atoms with E-state index in [2.05, 4.69) is 44.8 Å². The van der Waals surface area contributed by atoms with E-state index in [1.54, 1.807) is 0 Å². The fourth-order valence-electron chi connectivity index (χ4n) is 1.24. The zero-order valence-electron chi connectivity index (χ0n) is 9.75. The maximum atomic E-state index is 5.82. The molecule has 0 rings (SSSR count). The van der Waals surface area contributed by atoms with E-state index in [9.17, 15) is 0 Å². The Morgan fingerprint density at radius 2 is 1.62 bits per heavy atom. The Hall–Kier alpha value is -0.120. The average Bonchev–Trinajstić information content (AvgIpc) is 2.02. The molecule has 0 bridgehead atoms. The second-order valence-corrected chi connectivity index (χ2v) is 4.24. The molecule has 0 aromatic rings. The highest BCUT2D eigenvalue weighted by Gasteiger charge is 2.12. The lowest BCUT2D eigenvalue weighted by Gasteiger charge is -2.27. The predicted octanol–water partition coefficient (Wildman–Crippen LogP) is 0.606. The first-order chi connectivity index (χ1) is 5.95. The Morgan fingerprint density at radius 3 is 2.00 bits per heavy atom. The molecule has 0 amide bonds. The van der Waals surface area contributed by atoms with Crippen molar-refractivity contribution in [2.24, 2.45) is 5.73 Å². The van der Waals surface area contributed by atoms with Gasteiger partial charge in [0.1, 0.15) is 0 Å². The lowest BCUT2D eigenvalue weighted by molar-refractivity contribution is 0.220. The van der Waals surface area contributed by atoms with Gasteiger partial charge in [0, 0.05) is 12.1 Å². The van der Waals surface area contributed by atoms with Crippen LogP contribution >= 0.6 is 0 Å². The molecule has 0 aliphatic rings. The van der Waals surface area contributed by atoms with Gasteiger partial charge in [0.25, 0.3) is 0 Å². The molecule has 2 unspecified atom stereocenters. The summed E-state index contributed by atoms with van der Waals surface area (Å²) in [4.78, 5) is 4.54. The topological polar surface area (TPSA) is 32.5 Å². The highest BCUT2D eigenvalue weighted by atomic mass is 15.1. The van der Waals surface area contributed by atoms with E-state index in [1.807, 2.05) is 0 Å². The molecule has 2 atom stereocenters. The van der Waals surface area contributed by atoms with E-state index in [0.29, 0.717) is 6.04 Å². The smallest absolute Gasteiger partial charge is 0.0213 e. The van der Waals surface area contributed by atoms with E-state index >= 15 is 0 Å². The normalized spacial score (nSPS) is 16.6. The summed E-state index contributed by atoms with van der Waals surface area (Å²) in [6, 6.07) is 0.728. The highest BCUT2D eigenvalue weighted by Crippen LogP contribution is 2.00. The van der Waals surface area contributed by atoms with Crippen molar-refractivity contribution < 1.29 is 0 Å². The van der Waals surface area contributed by atoms with Crippen molar-refractivity contribution in [3.8, 4) is 0 Å². The third-order valence-electron chi connectivity index (χ3n) is 2.57. The zero-order valence-corrected chi connectivity index (χ0v) is 9.75. The fraction of sp³-hybridized carbons (Fsp3) is 1.00. The van der Waals surface area contributed by atoms with E-state index < -0.39 is 0 Å². The molecule has 3 nitrogen and oxygen atoms in total. The maximum Gasteiger partial charge on any atom is 0.0213 e. The molecule has 0 spiro atoms. The van der Waals surface area contributed by atoms with Gasteiger partial charge in [-0.2, -0.15) is 0 Å². The van der Waals surface area contributed by atoms with Crippen molar-refractivity contribution in [2.45, 2.75) is 32.4 Å². The number of hydrogen-bond donors (Lipinski definition) is 1. The molecule has 80 valence electrons. The molecule has 0 aliphatic carbocycles. The molecule has 2 N–H and O–H groups in total. The van der Waals surface area contributed by atoms with Gasteiger partial charge in [-0.3, -0.25) is 0 Å². The van der Waals surface area contributed by atoms with Crippen LogP contribution in [-0.2, 0) is 0 Å². The van der Waals surface area contributed by atoms with Gasteiger partial charge in [-0.1, -0.05) is 0 Å². The van der Waals surface area contributed by atoms with Gasteiger partial charge < -0.3 is 15.5 Å². The molecule has 0 fully saturated rings. The standard InChI is InChI=1S/C10H25N3/c1-9(11)10(2)13(5)8-6-7-12(3)4/h9-10H,6-8,11H2,1-5H3. The first-order valence-electron chi connectivity index (χ1n) is 5.05. The maximum absolute atomic E-state index is 5.82. The number of nitrogens with zero attached hydrogens (tertiary/aromatic N) is 2. The van der Waals surface area contributed by atoms with Crippen LogP contribution in [-0.4, -0.2) is 56.1 Å². The van der Waals surface area contributed by atoms with E-state index in [4.69, 9.17) is 5.73 Å². The van der Waals surface area contributed by atoms with Crippen molar-refractivity contribution >= 4 is 0 Å². The van der Waals surface area contributed by atoms with E-state index in [0.717, 1.165) is 13.1 Å². The van der Waals surface area contributed by atoms with Crippen LogP contribution in [0.5, 0.6) is 0 Å². The minimum Gasteiger partial charge on any atom is -0.327 e. The van der Waals surface area contributed by atoms with Crippen LogP contribution in [0.2, 0.25) is 0 Å². The molecule has 3 heteroatoms. The summed E-state index contributed by atoms with van der Waals surface area (Å²) in [5.74, 6) is 0. The number of likely N-dealkylation sites (N-methyl/N-ethyl adjacent to an activating group) is 1. The van der Waals surface area contributed by atoms with Gasteiger partial charge in [0.2, 0.25) is 0 Å². The van der Waals surface area contributed by atoms with Crippen LogP contribution in [0.25, 0.3) is 0 Å². The van der Waals surface area contributed by atoms with Crippen molar-refractivity contribution in [3.63, 3.8) is 0 Å². The number of hydrogen-bond acceptors (Lipinski definition) is 3. The summed E-state index contributed by atoms with van der Waals surface area (Å²) < 4.78 is 0. The first-order valence-corrected chi connectivity index (χ1v) is 5.05. The third kappa shape index (κ3) is 6.02. The van der Waals surface area contributed by atoms with Crippen LogP contribution in [0, 0.1) is 0 Å². The van der Waals surface area contributed by atoms with Gasteiger partial charge in [-0.15, -0.1) is 0 Å². The van der Waals surface area contributed by atoms with Crippen molar-refractivity contribution in [3.05, 3.63) is 0 Å². The Labute approximate surface area is 82.9 Å². The molecule has 0 aliphatic heterocycles. The lowest BCUT2D eigenvalue weighted by atomic mass is 10.1. The molecule has 0 saturated carbocycles. The van der Waals surface area contributed by atoms with Crippen molar-refractivity contribution in [1.82, 2.24) is 9.80 Å². The van der Waals surface area contributed by atoms with E-state index in [1.165, 1.54) is 6.42 Å². The first kappa shape index (κ1) is 12.9. The summed E-state index contributed by atoms with van der Waals surface area (Å²) in [5, 5.41) is 0. The largest absolute Gasteiger partial charge is 0.327 e. The Kier molecular flexibility index (Phi) is 6.29. The zero-order chi connectivity index (χ0) is 10.4. The van der Waals surface area contributed by atoms with Gasteiger partial charge in [0.05, 0.1) is 0 Å². The van der Waals surface area contributed by atoms with Crippen LogP contribution in [0.3, 0.4) is 0 Å². The fourth-order valence-corrected chi connectivity index (χ4v) is 1.24. The Balaban J connectivity index is 3.55. The van der Waals surface area contributed by atoms with Gasteiger partial charge in [0.15, 0.2) is 0 Å². The average molecular weight is 187 g/mol.